The van der Waals surface area contributed by atoms with Crippen LogP contribution in [-0.2, 0) is 22.6 Å². The molecule has 0 unspecified atom stereocenters. The van der Waals surface area contributed by atoms with E-state index < -0.39 is 18.6 Å². The summed E-state index contributed by atoms with van der Waals surface area (Å²) in [6.45, 7) is 2.69. The number of nitrogens with two attached hydrogens (primary N) is 1. The molecule has 0 spiro atoms. The smallest absolute Gasteiger partial charge is 0.383 e. The molecule has 2 atom stereocenters. The first kappa shape index (κ1) is 29.8. The standard InChI is InChI=1S/C29H36F3N7O3/c1-37-10-7-24-20(18-37)8-12-41-14-15-42-13-11-39-27(33)23(17-35-39)28(40)34-9-3-4-21-16-22-25(36-24)5-2-6-26(22)38(21)19-29(30,31)32/h2,5-6,16-17,20,24,36H,7-15,18-19,33H2,1H3,(H,34,40)/t20-,24+/m0/s1. The lowest BCUT2D eigenvalue weighted by molar-refractivity contribution is -0.140. The second-order valence-corrected chi connectivity index (χ2v) is 10.7. The number of piperidine rings is 1. The zero-order chi connectivity index (χ0) is 29.7. The minimum absolute atomic E-state index is 0.0809. The Hall–Kier alpha value is -3.73. The van der Waals surface area contributed by atoms with Crippen LogP contribution in [0, 0.1) is 17.8 Å². The Morgan fingerprint density at radius 2 is 1.95 bits per heavy atom. The molecule has 4 heterocycles. The quantitative estimate of drug-likeness (QED) is 0.376. The maximum absolute atomic E-state index is 13.6. The minimum atomic E-state index is -4.44. The average Bonchev–Trinajstić information content (AvgIpc) is 3.48. The minimum Gasteiger partial charge on any atom is -0.383 e. The normalized spacial score (nSPS) is 21.7. The zero-order valence-electron chi connectivity index (χ0n) is 23.5. The summed E-state index contributed by atoms with van der Waals surface area (Å²) in [7, 11) is 2.09. The van der Waals surface area contributed by atoms with Gasteiger partial charge in [-0.15, -0.1) is 0 Å². The maximum Gasteiger partial charge on any atom is 0.406 e. The first-order valence-corrected chi connectivity index (χ1v) is 14.1. The van der Waals surface area contributed by atoms with Crippen LogP contribution >= 0.6 is 0 Å². The van der Waals surface area contributed by atoms with Gasteiger partial charge in [0, 0.05) is 30.3 Å². The number of carbonyl (C=O) groups excluding carboxylic acids is 1. The van der Waals surface area contributed by atoms with E-state index in [-0.39, 0.29) is 29.7 Å². The molecule has 226 valence electrons. The number of nitrogen functional groups attached to an aromatic ring is 1. The van der Waals surface area contributed by atoms with Gasteiger partial charge in [0.1, 0.15) is 17.9 Å². The monoisotopic (exact) mass is 587 g/mol. The second-order valence-electron chi connectivity index (χ2n) is 10.7. The Bertz CT molecular complexity index is 1460. The number of amides is 1. The molecule has 4 bridgehead atoms. The molecular formula is C29H36F3N7O3. The van der Waals surface area contributed by atoms with Crippen LogP contribution in [-0.4, -0.2) is 90.5 Å². The summed E-state index contributed by atoms with van der Waals surface area (Å²) in [4.78, 5) is 15.0. The lowest BCUT2D eigenvalue weighted by atomic mass is 9.89. The van der Waals surface area contributed by atoms with E-state index in [0.29, 0.717) is 49.8 Å². The van der Waals surface area contributed by atoms with E-state index in [4.69, 9.17) is 15.2 Å². The van der Waals surface area contributed by atoms with Crippen LogP contribution in [0.1, 0.15) is 28.9 Å². The van der Waals surface area contributed by atoms with E-state index >= 15 is 0 Å². The Labute approximate surface area is 242 Å². The molecule has 0 aliphatic carbocycles. The van der Waals surface area contributed by atoms with E-state index in [0.717, 1.165) is 31.6 Å². The molecule has 2 aliphatic rings. The van der Waals surface area contributed by atoms with E-state index in [2.05, 4.69) is 39.5 Å². The van der Waals surface area contributed by atoms with Crippen molar-refractivity contribution in [1.82, 2.24) is 24.6 Å². The molecule has 13 heteroatoms. The van der Waals surface area contributed by atoms with Crippen molar-refractivity contribution in [2.24, 2.45) is 5.92 Å². The third-order valence-corrected chi connectivity index (χ3v) is 7.69. The van der Waals surface area contributed by atoms with Crippen molar-refractivity contribution in [3.05, 3.63) is 41.7 Å². The largest absolute Gasteiger partial charge is 0.406 e. The number of nitrogens with zero attached hydrogens (tertiary/aromatic N) is 4. The van der Waals surface area contributed by atoms with Crippen LogP contribution in [0.5, 0.6) is 0 Å². The number of likely N-dealkylation sites (tertiary alicyclic amines) is 1. The third-order valence-electron chi connectivity index (χ3n) is 7.69. The number of carbonyl (C=O) groups is 1. The van der Waals surface area contributed by atoms with E-state index in [1.807, 2.05) is 6.07 Å². The van der Waals surface area contributed by atoms with Crippen molar-refractivity contribution in [3.8, 4) is 11.8 Å². The van der Waals surface area contributed by atoms with Gasteiger partial charge in [-0.3, -0.25) is 4.79 Å². The van der Waals surface area contributed by atoms with E-state index in [1.54, 1.807) is 18.2 Å². The molecule has 2 aromatic heterocycles. The molecule has 1 amide bonds. The van der Waals surface area contributed by atoms with Gasteiger partial charge in [0.25, 0.3) is 5.91 Å². The summed E-state index contributed by atoms with van der Waals surface area (Å²) >= 11 is 0. The molecule has 1 fully saturated rings. The molecular weight excluding hydrogens is 551 g/mol. The number of hydrogen-bond donors (Lipinski definition) is 3. The highest BCUT2D eigenvalue weighted by atomic mass is 19.4. The number of benzene rings is 1. The van der Waals surface area contributed by atoms with Gasteiger partial charge in [0.2, 0.25) is 0 Å². The van der Waals surface area contributed by atoms with Gasteiger partial charge in [-0.2, -0.15) is 18.3 Å². The molecule has 4 N–H and O–H groups in total. The summed E-state index contributed by atoms with van der Waals surface area (Å²) in [5.74, 6) is 5.64. The summed E-state index contributed by atoms with van der Waals surface area (Å²) in [5, 5.41) is 11.1. The van der Waals surface area contributed by atoms with Crippen molar-refractivity contribution in [3.63, 3.8) is 0 Å². The van der Waals surface area contributed by atoms with Crippen LogP contribution in [0.25, 0.3) is 10.9 Å². The van der Waals surface area contributed by atoms with Crippen molar-refractivity contribution in [2.45, 2.75) is 38.1 Å². The number of fused-ring (bicyclic) bond motifs is 4. The SMILES string of the molecule is CN1CC[C@H]2Nc3cccc4c3cc(n4CC(F)(F)F)C#CCNC(=O)c3cnn(c3N)CCOCCOCC[C@H]2C1. The Morgan fingerprint density at radius 1 is 1.14 bits per heavy atom. The molecule has 0 saturated carbocycles. The molecule has 5 rings (SSSR count). The molecule has 0 radical (unpaired) electrons. The molecule has 10 nitrogen and oxygen atoms in total. The Kier molecular flexibility index (Phi) is 9.25. The highest BCUT2D eigenvalue weighted by Crippen LogP contribution is 2.32. The molecule has 42 heavy (non-hydrogen) atoms. The fourth-order valence-electron chi connectivity index (χ4n) is 5.57. The fraction of sp³-hybridized carbons (Fsp3) is 0.517. The summed E-state index contributed by atoms with van der Waals surface area (Å²) in [6.07, 6.45) is -1.35. The van der Waals surface area contributed by atoms with Gasteiger partial charge >= 0.3 is 6.18 Å². The molecule has 1 saturated heterocycles. The molecule has 1 aromatic carbocycles. The number of ether oxygens (including phenoxy) is 2. The first-order valence-electron chi connectivity index (χ1n) is 14.1. The first-order chi connectivity index (χ1) is 20.2. The van der Waals surface area contributed by atoms with Crippen LogP contribution in [0.2, 0.25) is 0 Å². The van der Waals surface area contributed by atoms with Crippen LogP contribution in [0.4, 0.5) is 24.7 Å². The van der Waals surface area contributed by atoms with Gasteiger partial charge in [-0.05, 0) is 56.5 Å². The van der Waals surface area contributed by atoms with E-state index in [9.17, 15) is 18.0 Å². The fourth-order valence-corrected chi connectivity index (χ4v) is 5.57. The van der Waals surface area contributed by atoms with Gasteiger partial charge < -0.3 is 35.3 Å². The predicted octanol–water partition coefficient (Wildman–Crippen LogP) is 2.93. The van der Waals surface area contributed by atoms with Gasteiger partial charge in [0.15, 0.2) is 0 Å². The van der Waals surface area contributed by atoms with Crippen LogP contribution in [0.15, 0.2) is 30.5 Å². The van der Waals surface area contributed by atoms with Crippen molar-refractivity contribution in [2.75, 3.05) is 64.2 Å². The van der Waals surface area contributed by atoms with Crippen molar-refractivity contribution < 1.29 is 27.4 Å². The van der Waals surface area contributed by atoms with E-state index in [1.165, 1.54) is 15.4 Å². The van der Waals surface area contributed by atoms with Gasteiger partial charge in [-0.1, -0.05) is 12.0 Å². The number of anilines is 2. The number of hydrogen-bond acceptors (Lipinski definition) is 7. The average molecular weight is 588 g/mol. The topological polar surface area (TPSA) is 112 Å². The van der Waals surface area contributed by atoms with Gasteiger partial charge in [0.05, 0.1) is 50.3 Å². The number of halogens is 3. The lowest BCUT2D eigenvalue weighted by Gasteiger charge is -2.38. The van der Waals surface area contributed by atoms with Gasteiger partial charge in [-0.25, -0.2) is 4.68 Å². The highest BCUT2D eigenvalue weighted by molar-refractivity contribution is 5.98. The van der Waals surface area contributed by atoms with Crippen molar-refractivity contribution in [1.29, 1.82) is 0 Å². The number of alkyl halides is 3. The van der Waals surface area contributed by atoms with Crippen molar-refractivity contribution >= 4 is 28.3 Å². The maximum atomic E-state index is 13.6. The Morgan fingerprint density at radius 3 is 2.76 bits per heavy atom. The van der Waals surface area contributed by atoms with Crippen LogP contribution in [0.3, 0.4) is 0 Å². The number of rotatable bonds is 1. The summed E-state index contributed by atoms with van der Waals surface area (Å²) < 4.78 is 55.1. The third kappa shape index (κ3) is 7.18. The predicted molar refractivity (Wildman–Crippen MR) is 153 cm³/mol. The summed E-state index contributed by atoms with van der Waals surface area (Å²) in [6, 6.07) is 7.14. The molecule has 2 aliphatic heterocycles. The number of aromatic nitrogens is 3. The lowest BCUT2D eigenvalue weighted by Crippen LogP contribution is -2.45. The highest BCUT2D eigenvalue weighted by Gasteiger charge is 2.31. The molecule has 3 aromatic rings. The Balaban J connectivity index is 1.46. The number of nitrogens with one attached hydrogen (secondary N) is 2. The zero-order valence-corrected chi connectivity index (χ0v) is 23.5. The van der Waals surface area contributed by atoms with Crippen LogP contribution < -0.4 is 16.4 Å². The summed E-state index contributed by atoms with van der Waals surface area (Å²) in [5.41, 5.74) is 7.71. The second kappa shape index (κ2) is 13.1.